The fraction of sp³-hybridized carbons (Fsp3) is 0.471. The molecule has 2 nitrogen and oxygen atoms in total. The summed E-state index contributed by atoms with van der Waals surface area (Å²) < 4.78 is 18.7. The Bertz CT molecular complexity index is 541. The molecule has 0 bridgehead atoms. The van der Waals surface area contributed by atoms with Gasteiger partial charge in [0.25, 0.3) is 0 Å². The van der Waals surface area contributed by atoms with Gasteiger partial charge in [0, 0.05) is 4.88 Å². The summed E-state index contributed by atoms with van der Waals surface area (Å²) in [5.41, 5.74) is 3.78. The third-order valence-electron chi connectivity index (χ3n) is 3.38. The third kappa shape index (κ3) is 5.56. The van der Waals surface area contributed by atoms with Crippen LogP contribution >= 0.6 is 11.3 Å². The van der Waals surface area contributed by atoms with Crippen LogP contribution in [0.1, 0.15) is 48.7 Å². The topological polar surface area (TPSA) is 22.1 Å². The molecule has 0 aliphatic rings. The molecule has 21 heavy (non-hydrogen) atoms. The largest absolute Gasteiger partial charge is 0.370 e. The number of rotatable bonds is 9. The van der Waals surface area contributed by atoms with Gasteiger partial charge in [0.2, 0.25) is 0 Å². The molecule has 0 radical (unpaired) electrons. The van der Waals surface area contributed by atoms with Gasteiger partial charge >= 0.3 is 0 Å². The van der Waals surface area contributed by atoms with Crippen molar-refractivity contribution in [3.8, 4) is 0 Å². The summed E-state index contributed by atoms with van der Waals surface area (Å²) in [6, 6.07) is 6.52. The van der Waals surface area contributed by atoms with Crippen LogP contribution in [0.4, 0.5) is 4.39 Å². The van der Waals surface area contributed by atoms with Crippen molar-refractivity contribution in [3.63, 3.8) is 0 Å². The van der Waals surface area contributed by atoms with Crippen LogP contribution in [-0.4, -0.2) is 4.98 Å². The average Bonchev–Trinajstić information content (AvgIpc) is 2.91. The lowest BCUT2D eigenvalue weighted by atomic mass is 10.1. The molecule has 2 rings (SSSR count). The zero-order valence-corrected chi connectivity index (χ0v) is 13.3. The molecule has 0 aliphatic carbocycles. The van der Waals surface area contributed by atoms with Gasteiger partial charge in [-0.2, -0.15) is 0 Å². The monoisotopic (exact) mass is 307 g/mol. The number of unbranched alkanes of at least 4 members (excludes halogenated alkanes) is 3. The van der Waals surface area contributed by atoms with E-state index in [-0.39, 0.29) is 5.82 Å². The lowest BCUT2D eigenvalue weighted by molar-refractivity contribution is 0.104. The van der Waals surface area contributed by atoms with Crippen molar-refractivity contribution in [2.45, 2.75) is 52.2 Å². The summed E-state index contributed by atoms with van der Waals surface area (Å²) in [6.07, 6.45) is 6.13. The van der Waals surface area contributed by atoms with Crippen molar-refractivity contribution in [2.75, 3.05) is 0 Å². The predicted octanol–water partition coefficient (Wildman–Crippen LogP) is 5.12. The van der Waals surface area contributed by atoms with E-state index in [4.69, 9.17) is 4.74 Å². The minimum absolute atomic E-state index is 0.221. The summed E-state index contributed by atoms with van der Waals surface area (Å²) in [5, 5.41) is 0. The molecule has 0 spiro atoms. The summed E-state index contributed by atoms with van der Waals surface area (Å²) in [5.74, 6) is -0.221. The highest BCUT2D eigenvalue weighted by Gasteiger charge is 2.06. The molecule has 1 aromatic carbocycles. The molecule has 0 atom stereocenters. The lowest BCUT2D eigenvalue weighted by Gasteiger charge is -2.05. The predicted molar refractivity (Wildman–Crippen MR) is 84.9 cm³/mol. The van der Waals surface area contributed by atoms with Gasteiger partial charge in [-0.1, -0.05) is 38.3 Å². The van der Waals surface area contributed by atoms with E-state index in [1.807, 2.05) is 11.6 Å². The van der Waals surface area contributed by atoms with E-state index in [9.17, 15) is 4.39 Å². The molecule has 0 aliphatic heterocycles. The van der Waals surface area contributed by atoms with Crippen LogP contribution in [-0.2, 0) is 24.4 Å². The van der Waals surface area contributed by atoms with Gasteiger partial charge in [-0.05, 0) is 30.5 Å². The number of hydrogen-bond donors (Lipinski definition) is 0. The maximum atomic E-state index is 13.1. The molecular weight excluding hydrogens is 285 g/mol. The van der Waals surface area contributed by atoms with Crippen LogP contribution < -0.4 is 0 Å². The van der Waals surface area contributed by atoms with Crippen LogP contribution in [0, 0.1) is 5.82 Å². The van der Waals surface area contributed by atoms with Gasteiger partial charge in [0.15, 0.2) is 0 Å². The number of benzene rings is 1. The van der Waals surface area contributed by atoms with Gasteiger partial charge in [-0.15, -0.1) is 11.3 Å². The normalized spacial score (nSPS) is 11.0. The molecule has 2 aromatic rings. The Balaban J connectivity index is 1.77. The number of aromatic nitrogens is 1. The Morgan fingerprint density at radius 1 is 1.19 bits per heavy atom. The van der Waals surface area contributed by atoms with Crippen molar-refractivity contribution in [1.82, 2.24) is 4.98 Å². The minimum atomic E-state index is -0.221. The Labute approximate surface area is 130 Å². The molecular formula is C17H22FNOS. The second-order valence-electron chi connectivity index (χ2n) is 5.16. The summed E-state index contributed by atoms with van der Waals surface area (Å²) >= 11 is 1.71. The van der Waals surface area contributed by atoms with E-state index in [2.05, 4.69) is 11.9 Å². The van der Waals surface area contributed by atoms with Crippen LogP contribution in [0.3, 0.4) is 0 Å². The molecule has 0 fully saturated rings. The number of aryl methyl sites for hydroxylation is 1. The highest BCUT2D eigenvalue weighted by atomic mass is 32.1. The van der Waals surface area contributed by atoms with E-state index in [1.165, 1.54) is 42.7 Å². The first kappa shape index (κ1) is 16.1. The molecule has 4 heteroatoms. The summed E-state index contributed by atoms with van der Waals surface area (Å²) in [7, 11) is 0. The lowest BCUT2D eigenvalue weighted by Crippen LogP contribution is -1.98. The molecule has 114 valence electrons. The van der Waals surface area contributed by atoms with E-state index >= 15 is 0 Å². The van der Waals surface area contributed by atoms with Crippen molar-refractivity contribution in [1.29, 1.82) is 0 Å². The van der Waals surface area contributed by atoms with Gasteiger partial charge in [0.1, 0.15) is 5.82 Å². The van der Waals surface area contributed by atoms with Crippen LogP contribution in [0.5, 0.6) is 0 Å². The molecule has 0 amide bonds. The second-order valence-corrected chi connectivity index (χ2v) is 6.09. The Morgan fingerprint density at radius 2 is 2.10 bits per heavy atom. The van der Waals surface area contributed by atoms with Gasteiger partial charge in [-0.25, -0.2) is 9.37 Å². The van der Waals surface area contributed by atoms with Gasteiger partial charge < -0.3 is 4.74 Å². The fourth-order valence-corrected chi connectivity index (χ4v) is 3.04. The first-order chi connectivity index (χ1) is 10.3. The van der Waals surface area contributed by atoms with Gasteiger partial charge in [-0.3, -0.25) is 0 Å². The number of ether oxygens (including phenoxy) is 1. The first-order valence-corrected chi connectivity index (χ1v) is 8.41. The molecule has 0 unspecified atom stereocenters. The van der Waals surface area contributed by atoms with Crippen molar-refractivity contribution in [3.05, 3.63) is 51.7 Å². The van der Waals surface area contributed by atoms with Crippen LogP contribution in [0.25, 0.3) is 0 Å². The molecule has 1 heterocycles. The smallest absolute Gasteiger partial charge is 0.123 e. The first-order valence-electron chi connectivity index (χ1n) is 7.53. The summed E-state index contributed by atoms with van der Waals surface area (Å²) in [4.78, 5) is 5.71. The maximum Gasteiger partial charge on any atom is 0.123 e. The molecule has 0 saturated carbocycles. The third-order valence-corrected chi connectivity index (χ3v) is 4.31. The average molecular weight is 307 g/mol. The van der Waals surface area contributed by atoms with E-state index in [0.717, 1.165) is 17.7 Å². The van der Waals surface area contributed by atoms with Crippen LogP contribution in [0.15, 0.2) is 29.8 Å². The zero-order chi connectivity index (χ0) is 14.9. The van der Waals surface area contributed by atoms with Crippen molar-refractivity contribution in [2.24, 2.45) is 0 Å². The number of halogens is 1. The van der Waals surface area contributed by atoms with E-state index in [0.29, 0.717) is 13.2 Å². The Morgan fingerprint density at radius 3 is 2.90 bits per heavy atom. The van der Waals surface area contributed by atoms with Gasteiger partial charge in [0.05, 0.1) is 24.4 Å². The van der Waals surface area contributed by atoms with E-state index < -0.39 is 0 Å². The van der Waals surface area contributed by atoms with E-state index in [1.54, 1.807) is 17.4 Å². The SMILES string of the molecule is CCCCCCc1scnc1COCc1cccc(F)c1. The second kappa shape index (κ2) is 8.90. The molecule has 0 saturated heterocycles. The van der Waals surface area contributed by atoms with Crippen molar-refractivity contribution >= 4 is 11.3 Å². The highest BCUT2D eigenvalue weighted by molar-refractivity contribution is 7.09. The van der Waals surface area contributed by atoms with Crippen molar-refractivity contribution < 1.29 is 9.13 Å². The number of nitrogens with zero attached hydrogens (tertiary/aromatic N) is 1. The summed E-state index contributed by atoms with van der Waals surface area (Å²) in [6.45, 7) is 3.14. The molecule has 0 N–H and O–H groups in total. The zero-order valence-electron chi connectivity index (χ0n) is 12.5. The minimum Gasteiger partial charge on any atom is -0.370 e. The highest BCUT2D eigenvalue weighted by Crippen LogP contribution is 2.18. The quantitative estimate of drug-likeness (QED) is 0.600. The fourth-order valence-electron chi connectivity index (χ4n) is 2.22. The maximum absolute atomic E-state index is 13.1. The number of hydrogen-bond acceptors (Lipinski definition) is 3. The Kier molecular flexibility index (Phi) is 6.83. The standard InChI is InChI=1S/C17H22FNOS/c1-2-3-4-5-9-17-16(19-13-21-17)12-20-11-14-7-6-8-15(18)10-14/h6-8,10,13H,2-5,9,11-12H2,1H3. The Hall–Kier alpha value is -1.26. The van der Waals surface area contributed by atoms with Crippen LogP contribution in [0.2, 0.25) is 0 Å². The number of thiazole rings is 1. The molecule has 1 aromatic heterocycles.